The number of nitrogens with zero attached hydrogens (tertiary/aromatic N) is 1. The van der Waals surface area contributed by atoms with Gasteiger partial charge in [0, 0.05) is 11.6 Å². The molecule has 8 heteroatoms. The van der Waals surface area contributed by atoms with Crippen LogP contribution >= 0.6 is 11.6 Å². The van der Waals surface area contributed by atoms with Crippen molar-refractivity contribution in [3.63, 3.8) is 0 Å². The third kappa shape index (κ3) is 5.03. The van der Waals surface area contributed by atoms with Crippen LogP contribution < -0.4 is 5.32 Å². The summed E-state index contributed by atoms with van der Waals surface area (Å²) in [4.78, 5) is 49.8. The minimum atomic E-state index is -0.635. The molecule has 1 fully saturated rings. The first-order chi connectivity index (χ1) is 13.9. The van der Waals surface area contributed by atoms with E-state index in [1.807, 2.05) is 18.2 Å². The van der Waals surface area contributed by atoms with E-state index in [0.29, 0.717) is 17.9 Å². The Bertz CT molecular complexity index is 827. The van der Waals surface area contributed by atoms with E-state index in [1.54, 1.807) is 25.1 Å². The van der Waals surface area contributed by atoms with Crippen LogP contribution in [0.3, 0.4) is 0 Å². The topological polar surface area (TPSA) is 92.8 Å². The van der Waals surface area contributed by atoms with Gasteiger partial charge < -0.3 is 10.1 Å². The maximum Gasteiger partial charge on any atom is 0.308 e. The summed E-state index contributed by atoms with van der Waals surface area (Å²) in [7, 11) is 0. The van der Waals surface area contributed by atoms with Crippen LogP contribution in [0.15, 0.2) is 36.4 Å². The molecule has 0 unspecified atom stereocenters. The van der Waals surface area contributed by atoms with Gasteiger partial charge in [-0.05, 0) is 37.5 Å². The zero-order chi connectivity index (χ0) is 21.0. The Morgan fingerprint density at radius 2 is 1.86 bits per heavy atom. The highest BCUT2D eigenvalue weighted by molar-refractivity contribution is 6.30. The summed E-state index contributed by atoms with van der Waals surface area (Å²) in [5.41, 5.74) is 0.833. The average molecular weight is 419 g/mol. The van der Waals surface area contributed by atoms with Crippen molar-refractivity contribution in [3.05, 3.63) is 47.0 Å². The summed E-state index contributed by atoms with van der Waals surface area (Å²) in [6, 6.07) is 6.81. The molecule has 1 N–H and O–H groups in total. The molecule has 1 saturated heterocycles. The fraction of sp³-hybridized carbons (Fsp3) is 0.429. The summed E-state index contributed by atoms with van der Waals surface area (Å²) in [5.74, 6) is -2.18. The lowest BCUT2D eigenvalue weighted by Gasteiger charge is -2.16. The van der Waals surface area contributed by atoms with Gasteiger partial charge in [0.05, 0.1) is 24.3 Å². The van der Waals surface area contributed by atoms with Crippen molar-refractivity contribution in [2.75, 3.05) is 13.2 Å². The molecule has 7 nitrogen and oxygen atoms in total. The van der Waals surface area contributed by atoms with Crippen LogP contribution in [-0.2, 0) is 23.9 Å². The van der Waals surface area contributed by atoms with Gasteiger partial charge in [0.25, 0.3) is 5.91 Å². The quantitative estimate of drug-likeness (QED) is 0.417. The van der Waals surface area contributed by atoms with Gasteiger partial charge in [0.1, 0.15) is 0 Å². The van der Waals surface area contributed by atoms with Crippen LogP contribution in [0.2, 0.25) is 5.02 Å². The van der Waals surface area contributed by atoms with Crippen LogP contribution in [0, 0.1) is 11.8 Å². The number of imide groups is 1. The second-order valence-corrected chi connectivity index (χ2v) is 7.68. The number of fused-ring (bicyclic) bond motifs is 1. The lowest BCUT2D eigenvalue weighted by Crippen LogP contribution is -2.34. The van der Waals surface area contributed by atoms with Gasteiger partial charge in [0.2, 0.25) is 11.8 Å². The predicted octanol–water partition coefficient (Wildman–Crippen LogP) is 2.40. The normalized spacial score (nSPS) is 21.7. The van der Waals surface area contributed by atoms with Crippen molar-refractivity contribution in [1.29, 1.82) is 0 Å². The standard InChI is InChI=1S/C21H23ClN2O5/c1-13(14-5-4-6-15(22)11-14)23-18(25)12-29-19(26)9-10-24-20(27)16-7-2-3-8-17(16)21(24)28/h2-6,11,13,16-17H,7-10,12H2,1H3,(H,23,25)/t13-,16-,17+/m0/s1. The number of hydrogen-bond acceptors (Lipinski definition) is 5. The minimum absolute atomic E-state index is 0.0238. The molecule has 1 heterocycles. The molecule has 0 spiro atoms. The fourth-order valence-electron chi connectivity index (χ4n) is 3.65. The molecule has 0 bridgehead atoms. The van der Waals surface area contributed by atoms with Gasteiger partial charge >= 0.3 is 5.97 Å². The largest absolute Gasteiger partial charge is 0.456 e. The number of allylic oxidation sites excluding steroid dienone is 2. The Balaban J connectivity index is 1.41. The first-order valence-corrected chi connectivity index (χ1v) is 9.95. The minimum Gasteiger partial charge on any atom is -0.456 e. The van der Waals surface area contributed by atoms with Gasteiger partial charge in [-0.15, -0.1) is 0 Å². The number of rotatable bonds is 7. The zero-order valence-corrected chi connectivity index (χ0v) is 16.9. The van der Waals surface area contributed by atoms with Crippen LogP contribution in [0.5, 0.6) is 0 Å². The van der Waals surface area contributed by atoms with Crippen LogP contribution in [-0.4, -0.2) is 41.7 Å². The van der Waals surface area contributed by atoms with E-state index in [4.69, 9.17) is 16.3 Å². The van der Waals surface area contributed by atoms with E-state index >= 15 is 0 Å². The number of hydrogen-bond donors (Lipinski definition) is 1. The highest BCUT2D eigenvalue weighted by atomic mass is 35.5. The Hall–Kier alpha value is -2.67. The number of carbonyl (C=O) groups excluding carboxylic acids is 4. The van der Waals surface area contributed by atoms with Crippen LogP contribution in [0.1, 0.15) is 37.8 Å². The number of benzene rings is 1. The van der Waals surface area contributed by atoms with E-state index in [1.165, 1.54) is 0 Å². The number of halogens is 1. The van der Waals surface area contributed by atoms with Gasteiger partial charge in [-0.1, -0.05) is 35.9 Å². The van der Waals surface area contributed by atoms with E-state index in [0.717, 1.165) is 10.5 Å². The van der Waals surface area contributed by atoms with Gasteiger partial charge in [-0.3, -0.25) is 24.1 Å². The summed E-state index contributed by atoms with van der Waals surface area (Å²) in [6.45, 7) is 1.34. The molecule has 1 aromatic rings. The van der Waals surface area contributed by atoms with Gasteiger partial charge in [-0.2, -0.15) is 0 Å². The summed E-state index contributed by atoms with van der Waals surface area (Å²) < 4.78 is 4.97. The van der Waals surface area contributed by atoms with Gasteiger partial charge in [-0.25, -0.2) is 0 Å². The Kier molecular flexibility index (Phi) is 6.69. The van der Waals surface area contributed by atoms with E-state index < -0.39 is 18.5 Å². The first-order valence-electron chi connectivity index (χ1n) is 9.57. The SMILES string of the molecule is C[C@H](NC(=O)COC(=O)CCN1C(=O)[C@H]2CC=CC[C@H]2C1=O)c1cccc(Cl)c1. The summed E-state index contributed by atoms with van der Waals surface area (Å²) in [5, 5.41) is 3.29. The van der Waals surface area contributed by atoms with E-state index in [9.17, 15) is 19.2 Å². The van der Waals surface area contributed by atoms with Crippen molar-refractivity contribution in [2.45, 2.75) is 32.2 Å². The second kappa shape index (κ2) is 9.22. The third-order valence-corrected chi connectivity index (χ3v) is 5.46. The van der Waals surface area contributed by atoms with E-state index in [2.05, 4.69) is 5.32 Å². The fourth-order valence-corrected chi connectivity index (χ4v) is 3.85. The first kappa shape index (κ1) is 21.0. The van der Waals surface area contributed by atoms with Crippen LogP contribution in [0.25, 0.3) is 0 Å². The van der Waals surface area contributed by atoms with Crippen molar-refractivity contribution in [2.24, 2.45) is 11.8 Å². The maximum absolute atomic E-state index is 12.4. The number of carbonyl (C=O) groups is 4. The van der Waals surface area contributed by atoms with Crippen molar-refractivity contribution in [3.8, 4) is 0 Å². The highest BCUT2D eigenvalue weighted by Gasteiger charge is 2.46. The number of esters is 1. The van der Waals surface area contributed by atoms with Gasteiger partial charge in [0.15, 0.2) is 6.61 Å². The molecule has 1 aliphatic heterocycles. The average Bonchev–Trinajstić information content (AvgIpc) is 2.95. The van der Waals surface area contributed by atoms with Crippen LogP contribution in [0.4, 0.5) is 0 Å². The summed E-state index contributed by atoms with van der Waals surface area (Å²) in [6.07, 6.45) is 4.80. The Morgan fingerprint density at radius 1 is 1.21 bits per heavy atom. The molecule has 0 radical (unpaired) electrons. The molecule has 154 valence electrons. The number of ether oxygens (including phenoxy) is 1. The third-order valence-electron chi connectivity index (χ3n) is 5.23. The van der Waals surface area contributed by atoms with E-state index in [-0.39, 0.29) is 42.7 Å². The molecule has 3 rings (SSSR count). The molecule has 1 aromatic carbocycles. The Labute approximate surface area is 174 Å². The lowest BCUT2D eigenvalue weighted by atomic mass is 9.85. The molecule has 3 amide bonds. The second-order valence-electron chi connectivity index (χ2n) is 7.24. The van der Waals surface area contributed by atoms with Crippen molar-refractivity contribution < 1.29 is 23.9 Å². The number of likely N-dealkylation sites (tertiary alicyclic amines) is 1. The highest BCUT2D eigenvalue weighted by Crippen LogP contribution is 2.35. The molecule has 3 atom stereocenters. The molecule has 0 saturated carbocycles. The summed E-state index contributed by atoms with van der Waals surface area (Å²) >= 11 is 5.94. The molecular formula is C21H23ClN2O5. The molecule has 0 aromatic heterocycles. The predicted molar refractivity (Wildman–Crippen MR) is 106 cm³/mol. The molecule has 2 aliphatic rings. The number of amides is 3. The monoisotopic (exact) mass is 418 g/mol. The van der Waals surface area contributed by atoms with Crippen molar-refractivity contribution >= 4 is 35.3 Å². The van der Waals surface area contributed by atoms with Crippen molar-refractivity contribution in [1.82, 2.24) is 10.2 Å². The molecule has 1 aliphatic carbocycles. The molecular weight excluding hydrogens is 396 g/mol. The molecule has 29 heavy (non-hydrogen) atoms. The Morgan fingerprint density at radius 3 is 2.48 bits per heavy atom. The zero-order valence-electron chi connectivity index (χ0n) is 16.1. The smallest absolute Gasteiger partial charge is 0.308 e. The lowest BCUT2D eigenvalue weighted by molar-refractivity contribution is -0.150. The maximum atomic E-state index is 12.4. The number of nitrogens with one attached hydrogen (secondary N) is 1.